The average Bonchev–Trinajstić information content (AvgIpc) is 2.64. The molecule has 1 aromatic rings. The summed E-state index contributed by atoms with van der Waals surface area (Å²) in [6, 6.07) is 3.24. The Morgan fingerprint density at radius 1 is 1.33 bits per heavy atom. The molecule has 114 valence electrons. The van der Waals surface area contributed by atoms with Crippen molar-refractivity contribution >= 4 is 13.2 Å². The van der Waals surface area contributed by atoms with E-state index in [1.54, 1.807) is 6.20 Å². The molecular weight excluding hydrogens is 267 g/mol. The SMILES string of the molecule is CC1(C)OB(/C=C/c2cccnc2[C@H](N)CO)OC1(C)C. The van der Waals surface area contributed by atoms with Crippen molar-refractivity contribution in [2.45, 2.75) is 44.9 Å². The third-order valence-corrected chi connectivity index (χ3v) is 4.12. The Morgan fingerprint density at radius 3 is 2.52 bits per heavy atom. The van der Waals surface area contributed by atoms with Gasteiger partial charge in [-0.15, -0.1) is 0 Å². The van der Waals surface area contributed by atoms with Gasteiger partial charge in [-0.1, -0.05) is 18.1 Å². The molecule has 0 aliphatic carbocycles. The Hall–Kier alpha value is -1.21. The molecule has 2 heterocycles. The van der Waals surface area contributed by atoms with Crippen LogP contribution in [0.1, 0.15) is 45.0 Å². The van der Waals surface area contributed by atoms with E-state index in [9.17, 15) is 5.11 Å². The highest BCUT2D eigenvalue weighted by Gasteiger charge is 2.50. The Labute approximate surface area is 126 Å². The number of pyridine rings is 1. The molecule has 0 aromatic carbocycles. The fourth-order valence-electron chi connectivity index (χ4n) is 2.12. The number of rotatable bonds is 4. The van der Waals surface area contributed by atoms with Gasteiger partial charge in [0.1, 0.15) is 0 Å². The summed E-state index contributed by atoms with van der Waals surface area (Å²) < 4.78 is 11.8. The van der Waals surface area contributed by atoms with Crippen molar-refractivity contribution < 1.29 is 14.4 Å². The summed E-state index contributed by atoms with van der Waals surface area (Å²) in [5.74, 6) is 1.85. The Bertz CT molecular complexity index is 515. The van der Waals surface area contributed by atoms with Crippen molar-refractivity contribution in [3.63, 3.8) is 0 Å². The Morgan fingerprint density at radius 2 is 1.95 bits per heavy atom. The van der Waals surface area contributed by atoms with E-state index in [2.05, 4.69) is 4.98 Å². The van der Waals surface area contributed by atoms with Crippen LogP contribution in [0.15, 0.2) is 24.3 Å². The molecule has 0 bridgehead atoms. The maximum atomic E-state index is 9.19. The second-order valence-corrected chi connectivity index (χ2v) is 6.25. The summed E-state index contributed by atoms with van der Waals surface area (Å²) in [7, 11) is -0.409. The maximum Gasteiger partial charge on any atom is 0.487 e. The van der Waals surface area contributed by atoms with Gasteiger partial charge in [0.15, 0.2) is 0 Å². The van der Waals surface area contributed by atoms with Gasteiger partial charge in [-0.3, -0.25) is 4.98 Å². The summed E-state index contributed by atoms with van der Waals surface area (Å²) in [5, 5.41) is 9.19. The lowest BCUT2D eigenvalue weighted by molar-refractivity contribution is 0.00578. The quantitative estimate of drug-likeness (QED) is 0.826. The van der Waals surface area contributed by atoms with Crippen LogP contribution in [0.2, 0.25) is 0 Å². The lowest BCUT2D eigenvalue weighted by atomic mass is 9.88. The molecule has 2 rings (SSSR count). The first-order chi connectivity index (χ1) is 9.77. The first-order valence-corrected chi connectivity index (χ1v) is 7.12. The number of aromatic nitrogens is 1. The normalized spacial score (nSPS) is 21.9. The number of hydrogen-bond acceptors (Lipinski definition) is 5. The van der Waals surface area contributed by atoms with Crippen LogP contribution in [-0.4, -0.2) is 35.0 Å². The molecular formula is C15H23BN2O3. The maximum absolute atomic E-state index is 9.19. The van der Waals surface area contributed by atoms with Gasteiger partial charge in [-0.25, -0.2) is 0 Å². The van der Waals surface area contributed by atoms with Crippen molar-refractivity contribution in [3.8, 4) is 0 Å². The van der Waals surface area contributed by atoms with Gasteiger partial charge in [0.25, 0.3) is 0 Å². The van der Waals surface area contributed by atoms with Crippen LogP contribution >= 0.6 is 0 Å². The molecule has 1 fully saturated rings. The van der Waals surface area contributed by atoms with Gasteiger partial charge in [-0.05, 0) is 39.3 Å². The number of nitrogens with zero attached hydrogens (tertiary/aromatic N) is 1. The summed E-state index contributed by atoms with van der Waals surface area (Å²) in [6.07, 6.45) is 3.54. The molecule has 21 heavy (non-hydrogen) atoms. The van der Waals surface area contributed by atoms with E-state index >= 15 is 0 Å². The van der Waals surface area contributed by atoms with E-state index < -0.39 is 13.2 Å². The minimum atomic E-state index is -0.496. The fraction of sp³-hybridized carbons (Fsp3) is 0.533. The highest BCUT2D eigenvalue weighted by Crippen LogP contribution is 2.37. The van der Waals surface area contributed by atoms with E-state index in [-0.39, 0.29) is 17.8 Å². The van der Waals surface area contributed by atoms with Crippen LogP contribution in [0.4, 0.5) is 0 Å². The van der Waals surface area contributed by atoms with Gasteiger partial charge in [0, 0.05) is 6.20 Å². The Balaban J connectivity index is 2.17. The zero-order valence-corrected chi connectivity index (χ0v) is 13.0. The highest BCUT2D eigenvalue weighted by molar-refractivity contribution is 6.52. The second kappa shape index (κ2) is 5.89. The number of aliphatic hydroxyl groups is 1. The molecule has 0 saturated carbocycles. The molecule has 1 aliphatic rings. The Kier molecular flexibility index (Phi) is 4.53. The molecule has 0 spiro atoms. The summed E-state index contributed by atoms with van der Waals surface area (Å²) in [5.41, 5.74) is 6.65. The second-order valence-electron chi connectivity index (χ2n) is 6.25. The van der Waals surface area contributed by atoms with Crippen LogP contribution in [0.25, 0.3) is 6.08 Å². The predicted octanol–water partition coefficient (Wildman–Crippen LogP) is 1.72. The van der Waals surface area contributed by atoms with E-state index in [0.717, 1.165) is 5.56 Å². The van der Waals surface area contributed by atoms with Crippen LogP contribution < -0.4 is 5.73 Å². The molecule has 1 aromatic heterocycles. The molecule has 0 unspecified atom stereocenters. The monoisotopic (exact) mass is 290 g/mol. The first-order valence-electron chi connectivity index (χ1n) is 7.12. The molecule has 1 atom stereocenters. The third-order valence-electron chi connectivity index (χ3n) is 4.12. The number of hydrogen-bond donors (Lipinski definition) is 2. The topological polar surface area (TPSA) is 77.6 Å². The van der Waals surface area contributed by atoms with E-state index in [1.807, 2.05) is 51.9 Å². The van der Waals surface area contributed by atoms with Gasteiger partial charge < -0.3 is 20.1 Å². The summed E-state index contributed by atoms with van der Waals surface area (Å²) in [6.45, 7) is 7.90. The first kappa shape index (κ1) is 16.2. The van der Waals surface area contributed by atoms with Crippen LogP contribution in [-0.2, 0) is 9.31 Å². The van der Waals surface area contributed by atoms with E-state index in [1.165, 1.54) is 0 Å². The van der Waals surface area contributed by atoms with Gasteiger partial charge in [0.2, 0.25) is 0 Å². The zero-order chi connectivity index (χ0) is 15.7. The minimum Gasteiger partial charge on any atom is -0.400 e. The van der Waals surface area contributed by atoms with Crippen LogP contribution in [0.3, 0.4) is 0 Å². The molecule has 1 saturated heterocycles. The average molecular weight is 290 g/mol. The molecule has 6 heteroatoms. The molecule has 5 nitrogen and oxygen atoms in total. The van der Waals surface area contributed by atoms with Gasteiger partial charge in [-0.2, -0.15) is 0 Å². The standard InChI is InChI=1S/C15H23BN2O3/c1-14(2)15(3,4)21-16(20-14)8-7-11-6-5-9-18-13(11)12(17)10-19/h5-9,12,19H,10,17H2,1-4H3/b8-7+/t12-/m1/s1. The molecule has 0 radical (unpaired) electrons. The van der Waals surface area contributed by atoms with E-state index in [0.29, 0.717) is 5.69 Å². The van der Waals surface area contributed by atoms with E-state index in [4.69, 9.17) is 15.0 Å². The minimum absolute atomic E-state index is 0.144. The smallest absolute Gasteiger partial charge is 0.400 e. The largest absolute Gasteiger partial charge is 0.487 e. The van der Waals surface area contributed by atoms with Crippen LogP contribution in [0, 0.1) is 0 Å². The van der Waals surface area contributed by atoms with Gasteiger partial charge >= 0.3 is 7.12 Å². The van der Waals surface area contributed by atoms with Crippen molar-refractivity contribution in [1.29, 1.82) is 0 Å². The van der Waals surface area contributed by atoms with Crippen molar-refractivity contribution in [2.75, 3.05) is 6.61 Å². The third kappa shape index (κ3) is 3.35. The molecule has 0 amide bonds. The molecule has 1 aliphatic heterocycles. The summed E-state index contributed by atoms with van der Waals surface area (Å²) in [4.78, 5) is 4.23. The zero-order valence-electron chi connectivity index (χ0n) is 13.0. The predicted molar refractivity (Wildman–Crippen MR) is 83.4 cm³/mol. The fourth-order valence-corrected chi connectivity index (χ4v) is 2.12. The lowest BCUT2D eigenvalue weighted by Gasteiger charge is -2.32. The number of aliphatic hydroxyl groups excluding tert-OH is 1. The van der Waals surface area contributed by atoms with Gasteiger partial charge in [0.05, 0.1) is 29.5 Å². The van der Waals surface area contributed by atoms with Crippen molar-refractivity contribution in [2.24, 2.45) is 5.73 Å². The number of nitrogens with two attached hydrogens (primary N) is 1. The molecule has 3 N–H and O–H groups in total. The van der Waals surface area contributed by atoms with Crippen LogP contribution in [0.5, 0.6) is 0 Å². The lowest BCUT2D eigenvalue weighted by Crippen LogP contribution is -2.41. The van der Waals surface area contributed by atoms with Crippen molar-refractivity contribution in [3.05, 3.63) is 35.6 Å². The summed E-state index contributed by atoms with van der Waals surface area (Å²) >= 11 is 0. The van der Waals surface area contributed by atoms with Crippen molar-refractivity contribution in [1.82, 2.24) is 4.98 Å². The highest BCUT2D eigenvalue weighted by atomic mass is 16.7.